The van der Waals surface area contributed by atoms with Crippen LogP contribution in [0, 0.1) is 5.92 Å². The van der Waals surface area contributed by atoms with Crippen molar-refractivity contribution >= 4 is 0 Å². The van der Waals surface area contributed by atoms with Gasteiger partial charge in [0.05, 0.1) is 6.54 Å². The molecule has 0 amide bonds. The third-order valence-electron chi connectivity index (χ3n) is 4.29. The maximum atomic E-state index is 5.31. The van der Waals surface area contributed by atoms with Crippen LogP contribution in [0.5, 0.6) is 0 Å². The van der Waals surface area contributed by atoms with E-state index in [1.807, 2.05) is 7.05 Å². The van der Waals surface area contributed by atoms with Gasteiger partial charge >= 0.3 is 0 Å². The van der Waals surface area contributed by atoms with Crippen molar-refractivity contribution in [1.29, 1.82) is 0 Å². The molecule has 5 heteroatoms. The summed E-state index contributed by atoms with van der Waals surface area (Å²) in [5.74, 6) is 3.18. The van der Waals surface area contributed by atoms with Crippen LogP contribution in [0.4, 0.5) is 0 Å². The Kier molecular flexibility index (Phi) is 4.13. The molecule has 1 aromatic rings. The summed E-state index contributed by atoms with van der Waals surface area (Å²) in [4.78, 5) is 6.96. The number of rotatable bonds is 6. The van der Waals surface area contributed by atoms with Gasteiger partial charge in [0, 0.05) is 5.92 Å². The summed E-state index contributed by atoms with van der Waals surface area (Å²) >= 11 is 0. The molecule has 0 spiro atoms. The third kappa shape index (κ3) is 3.54. The molecule has 1 saturated heterocycles. The molecular formula is C14H24N4O. The zero-order valence-electron chi connectivity index (χ0n) is 11.8. The monoisotopic (exact) mass is 264 g/mol. The van der Waals surface area contributed by atoms with Crippen molar-refractivity contribution in [2.24, 2.45) is 5.92 Å². The highest BCUT2D eigenvalue weighted by molar-refractivity contribution is 5.01. The van der Waals surface area contributed by atoms with E-state index in [1.54, 1.807) is 0 Å². The fraction of sp³-hybridized carbons (Fsp3) is 0.857. The lowest BCUT2D eigenvalue weighted by molar-refractivity contribution is 0.167. The van der Waals surface area contributed by atoms with Crippen LogP contribution in [0.1, 0.15) is 49.7 Å². The maximum absolute atomic E-state index is 5.31. The number of nitrogens with zero attached hydrogens (tertiary/aromatic N) is 3. The van der Waals surface area contributed by atoms with Gasteiger partial charge in [0.2, 0.25) is 5.89 Å². The molecule has 1 saturated carbocycles. The fourth-order valence-corrected chi connectivity index (χ4v) is 2.81. The highest BCUT2D eigenvalue weighted by Gasteiger charge is 2.30. The number of aromatic nitrogens is 2. The van der Waals surface area contributed by atoms with Crippen molar-refractivity contribution in [3.05, 3.63) is 11.7 Å². The maximum Gasteiger partial charge on any atom is 0.229 e. The predicted molar refractivity (Wildman–Crippen MR) is 72.8 cm³/mol. The van der Waals surface area contributed by atoms with E-state index in [1.165, 1.54) is 45.2 Å². The lowest BCUT2D eigenvalue weighted by Gasteiger charge is -2.31. The fourth-order valence-electron chi connectivity index (χ4n) is 2.81. The number of nitrogens with one attached hydrogen (secondary N) is 1. The summed E-state index contributed by atoms with van der Waals surface area (Å²) in [6.07, 6.45) is 6.35. The van der Waals surface area contributed by atoms with Gasteiger partial charge in [0.1, 0.15) is 0 Å². The lowest BCUT2D eigenvalue weighted by Crippen LogP contribution is -2.34. The summed E-state index contributed by atoms with van der Waals surface area (Å²) in [5.41, 5.74) is 0. The average molecular weight is 264 g/mol. The van der Waals surface area contributed by atoms with E-state index in [9.17, 15) is 0 Å². The summed E-state index contributed by atoms with van der Waals surface area (Å²) in [6, 6.07) is 0. The Bertz CT molecular complexity index is 394. The number of piperidine rings is 1. The van der Waals surface area contributed by atoms with Crippen molar-refractivity contribution in [1.82, 2.24) is 20.4 Å². The second-order valence-corrected chi connectivity index (χ2v) is 5.93. The Labute approximate surface area is 114 Å². The van der Waals surface area contributed by atoms with Crippen LogP contribution in [-0.4, -0.2) is 41.7 Å². The first kappa shape index (κ1) is 13.1. The van der Waals surface area contributed by atoms with Crippen LogP contribution < -0.4 is 5.32 Å². The minimum absolute atomic E-state index is 0.563. The van der Waals surface area contributed by atoms with Gasteiger partial charge < -0.3 is 9.84 Å². The predicted octanol–water partition coefficient (Wildman–Crippen LogP) is 1.77. The van der Waals surface area contributed by atoms with Gasteiger partial charge in [-0.15, -0.1) is 0 Å². The summed E-state index contributed by atoms with van der Waals surface area (Å²) in [5, 5.41) is 7.34. The van der Waals surface area contributed by atoms with Crippen molar-refractivity contribution < 1.29 is 4.52 Å². The van der Waals surface area contributed by atoms with E-state index < -0.39 is 0 Å². The second-order valence-electron chi connectivity index (χ2n) is 5.93. The quantitative estimate of drug-likeness (QED) is 0.848. The highest BCUT2D eigenvalue weighted by atomic mass is 16.5. The largest absolute Gasteiger partial charge is 0.339 e. The van der Waals surface area contributed by atoms with Crippen LogP contribution >= 0.6 is 0 Å². The van der Waals surface area contributed by atoms with Crippen molar-refractivity contribution in [2.45, 2.75) is 44.6 Å². The van der Waals surface area contributed by atoms with Crippen molar-refractivity contribution in [3.8, 4) is 0 Å². The third-order valence-corrected chi connectivity index (χ3v) is 4.29. The first-order valence-electron chi connectivity index (χ1n) is 7.54. The Morgan fingerprint density at radius 2 is 2.05 bits per heavy atom. The molecule has 0 aromatic carbocycles. The zero-order valence-corrected chi connectivity index (χ0v) is 11.8. The van der Waals surface area contributed by atoms with Gasteiger partial charge in [-0.1, -0.05) is 5.16 Å². The minimum Gasteiger partial charge on any atom is -0.339 e. The van der Waals surface area contributed by atoms with Gasteiger partial charge in [-0.3, -0.25) is 4.90 Å². The topological polar surface area (TPSA) is 54.2 Å². The molecule has 0 atom stereocenters. The molecule has 0 radical (unpaired) electrons. The van der Waals surface area contributed by atoms with Crippen LogP contribution in [0.3, 0.4) is 0 Å². The number of hydrogen-bond donors (Lipinski definition) is 1. The van der Waals surface area contributed by atoms with Crippen LogP contribution in [-0.2, 0) is 6.54 Å². The molecule has 5 nitrogen and oxygen atoms in total. The molecule has 2 aliphatic rings. The van der Waals surface area contributed by atoms with E-state index in [4.69, 9.17) is 4.52 Å². The van der Waals surface area contributed by atoms with Gasteiger partial charge in [-0.2, -0.15) is 4.98 Å². The van der Waals surface area contributed by atoms with E-state index in [0.29, 0.717) is 5.92 Å². The van der Waals surface area contributed by atoms with E-state index in [2.05, 4.69) is 20.4 Å². The van der Waals surface area contributed by atoms with E-state index in [0.717, 1.165) is 30.7 Å². The van der Waals surface area contributed by atoms with E-state index in [-0.39, 0.29) is 0 Å². The Hall–Kier alpha value is -0.940. The van der Waals surface area contributed by atoms with Gasteiger partial charge in [-0.25, -0.2) is 0 Å². The SMILES string of the molecule is CNCCC1CCN(Cc2noc(C3CC3)n2)CC1. The highest BCUT2D eigenvalue weighted by Crippen LogP contribution is 2.38. The summed E-state index contributed by atoms with van der Waals surface area (Å²) < 4.78 is 5.31. The number of likely N-dealkylation sites (tertiary alicyclic amines) is 1. The standard InChI is InChI=1S/C14H24N4O/c1-15-7-4-11-5-8-18(9-6-11)10-13-16-14(19-17-13)12-2-3-12/h11-12,15H,2-10H2,1H3. The van der Waals surface area contributed by atoms with E-state index >= 15 is 0 Å². The normalized spacial score (nSPS) is 21.9. The van der Waals surface area contributed by atoms with Crippen molar-refractivity contribution in [2.75, 3.05) is 26.7 Å². The minimum atomic E-state index is 0.563. The smallest absolute Gasteiger partial charge is 0.229 e. The van der Waals surface area contributed by atoms with Gasteiger partial charge in [0.15, 0.2) is 5.82 Å². The molecule has 1 aromatic heterocycles. The van der Waals surface area contributed by atoms with Gasteiger partial charge in [0.25, 0.3) is 0 Å². The first-order valence-corrected chi connectivity index (χ1v) is 7.54. The molecule has 2 fully saturated rings. The summed E-state index contributed by atoms with van der Waals surface area (Å²) in [7, 11) is 2.03. The molecule has 106 valence electrons. The Morgan fingerprint density at radius 1 is 1.26 bits per heavy atom. The second kappa shape index (κ2) is 6.01. The lowest BCUT2D eigenvalue weighted by atomic mass is 9.93. The molecular weight excluding hydrogens is 240 g/mol. The molecule has 19 heavy (non-hydrogen) atoms. The van der Waals surface area contributed by atoms with Crippen LogP contribution in [0.15, 0.2) is 4.52 Å². The van der Waals surface area contributed by atoms with Crippen LogP contribution in [0.25, 0.3) is 0 Å². The molecule has 1 aliphatic heterocycles. The Morgan fingerprint density at radius 3 is 2.74 bits per heavy atom. The molecule has 0 unspecified atom stereocenters. The molecule has 2 heterocycles. The molecule has 0 bridgehead atoms. The molecule has 3 rings (SSSR count). The summed E-state index contributed by atoms with van der Waals surface area (Å²) in [6.45, 7) is 4.33. The Balaban J connectivity index is 1.43. The zero-order chi connectivity index (χ0) is 13.1. The molecule has 1 aliphatic carbocycles. The first-order chi connectivity index (χ1) is 9.35. The van der Waals surface area contributed by atoms with Crippen molar-refractivity contribution in [3.63, 3.8) is 0 Å². The average Bonchev–Trinajstić information content (AvgIpc) is 3.19. The number of hydrogen-bond acceptors (Lipinski definition) is 5. The van der Waals surface area contributed by atoms with Gasteiger partial charge in [-0.05, 0) is 64.7 Å². The van der Waals surface area contributed by atoms with Crippen LogP contribution in [0.2, 0.25) is 0 Å². The molecule has 1 N–H and O–H groups in total.